The summed E-state index contributed by atoms with van der Waals surface area (Å²) in [6.45, 7) is 2.77. The van der Waals surface area contributed by atoms with E-state index in [-0.39, 0.29) is 34.7 Å². The fourth-order valence-corrected chi connectivity index (χ4v) is 9.52. The molecule has 2 heterocycles. The third kappa shape index (κ3) is 8.46. The van der Waals surface area contributed by atoms with Crippen molar-refractivity contribution in [2.24, 2.45) is 29.4 Å². The molecular weight excluding hydrogens is 642 g/mol. The zero-order chi connectivity index (χ0) is 36.0. The standard InChI is InChI=1S/C42H59N3O6/c1-2-27-9-3-4-12-32(46)30(11-7-10-27)33(47)17-14-28-15-18-34(48)36(25-28)51-41-31(16-19-35(49)40(41)50)39(29-20-24-45-38(43)26-29)42(21-5-6-22-42)37-13-8-23-44-37/h8,13,15,18,20,23,25-27,30-33,35,39-41,44-50H,2-6,9,11-12,14,16-17,19,21-22,24,43H2,1H3. The molecule has 1 aliphatic heterocycles. The highest BCUT2D eigenvalue weighted by molar-refractivity contribution is 5.43. The number of rotatable bonds is 11. The van der Waals surface area contributed by atoms with Gasteiger partial charge in [0.1, 0.15) is 12.2 Å². The average molecular weight is 702 g/mol. The summed E-state index contributed by atoms with van der Waals surface area (Å²) in [5.41, 5.74) is 9.25. The summed E-state index contributed by atoms with van der Waals surface area (Å²) < 4.78 is 6.67. The van der Waals surface area contributed by atoms with E-state index in [1.165, 1.54) is 0 Å². The molecule has 278 valence electrons. The Morgan fingerprint density at radius 1 is 1.00 bits per heavy atom. The fourth-order valence-electron chi connectivity index (χ4n) is 9.52. The second kappa shape index (κ2) is 16.9. The zero-order valence-corrected chi connectivity index (χ0v) is 30.1. The molecule has 0 spiro atoms. The number of aromatic amines is 1. The summed E-state index contributed by atoms with van der Waals surface area (Å²) in [6, 6.07) is 9.41. The van der Waals surface area contributed by atoms with E-state index >= 15 is 0 Å². The molecular formula is C42H59N3O6. The van der Waals surface area contributed by atoms with Crippen molar-refractivity contribution in [3.8, 4) is 23.3 Å². The highest BCUT2D eigenvalue weighted by atomic mass is 16.5. The van der Waals surface area contributed by atoms with Gasteiger partial charge in [0.15, 0.2) is 11.5 Å². The molecule has 0 saturated heterocycles. The summed E-state index contributed by atoms with van der Waals surface area (Å²) in [7, 11) is 0. The fraction of sp³-hybridized carbons (Fsp3) is 0.619. The molecule has 9 nitrogen and oxygen atoms in total. The molecule has 0 radical (unpaired) electrons. The van der Waals surface area contributed by atoms with Gasteiger partial charge in [-0.15, -0.1) is 5.92 Å². The van der Waals surface area contributed by atoms with Gasteiger partial charge < -0.3 is 46.3 Å². The number of aryl methyl sites for hydroxylation is 1. The molecule has 9 unspecified atom stereocenters. The first kappa shape index (κ1) is 37.3. The van der Waals surface area contributed by atoms with Crippen LogP contribution in [-0.2, 0) is 11.8 Å². The van der Waals surface area contributed by atoms with Gasteiger partial charge in [0, 0.05) is 53.9 Å². The Labute approximate surface area is 303 Å². The highest BCUT2D eigenvalue weighted by Gasteiger charge is 2.53. The van der Waals surface area contributed by atoms with Crippen LogP contribution in [0.4, 0.5) is 0 Å². The maximum absolute atomic E-state index is 11.6. The third-order valence-corrected chi connectivity index (χ3v) is 12.4. The van der Waals surface area contributed by atoms with E-state index in [0.717, 1.165) is 68.2 Å². The van der Waals surface area contributed by atoms with E-state index in [9.17, 15) is 25.5 Å². The first-order valence-electron chi connectivity index (χ1n) is 19.4. The number of aliphatic hydroxyl groups is 4. The van der Waals surface area contributed by atoms with Crippen LogP contribution < -0.4 is 15.8 Å². The topological polar surface area (TPSA) is 164 Å². The van der Waals surface area contributed by atoms with Gasteiger partial charge in [0.25, 0.3) is 0 Å². The predicted molar refractivity (Wildman–Crippen MR) is 199 cm³/mol. The molecule has 0 bridgehead atoms. The zero-order valence-electron chi connectivity index (χ0n) is 30.1. The van der Waals surface area contributed by atoms with Gasteiger partial charge in [-0.25, -0.2) is 0 Å². The van der Waals surface area contributed by atoms with Gasteiger partial charge in [-0.3, -0.25) is 0 Å². The van der Waals surface area contributed by atoms with E-state index in [4.69, 9.17) is 10.5 Å². The molecule has 2 aromatic rings. The number of dihydropyridines is 1. The smallest absolute Gasteiger partial charge is 0.161 e. The van der Waals surface area contributed by atoms with Gasteiger partial charge in [-0.1, -0.05) is 50.7 Å². The van der Waals surface area contributed by atoms with Crippen LogP contribution in [0.3, 0.4) is 0 Å². The van der Waals surface area contributed by atoms with E-state index in [1.54, 1.807) is 12.1 Å². The number of nitrogens with two attached hydrogens (primary N) is 1. The van der Waals surface area contributed by atoms with E-state index < -0.39 is 30.5 Å². The number of hydrogen-bond donors (Lipinski definition) is 8. The van der Waals surface area contributed by atoms with Crippen molar-refractivity contribution in [3.63, 3.8) is 0 Å². The molecule has 0 amide bonds. The lowest BCUT2D eigenvalue weighted by Gasteiger charge is -2.49. The van der Waals surface area contributed by atoms with Gasteiger partial charge in [-0.2, -0.15) is 0 Å². The van der Waals surface area contributed by atoms with E-state index in [2.05, 4.69) is 41.2 Å². The number of allylic oxidation sites excluding steroid dienone is 2. The van der Waals surface area contributed by atoms with Crippen molar-refractivity contribution in [1.29, 1.82) is 0 Å². The number of benzene rings is 1. The molecule has 2 saturated carbocycles. The summed E-state index contributed by atoms with van der Waals surface area (Å²) in [5.74, 6) is 7.23. The Bertz CT molecular complexity index is 1550. The van der Waals surface area contributed by atoms with Crippen LogP contribution in [0.25, 0.3) is 0 Å². The van der Waals surface area contributed by atoms with Crippen LogP contribution in [0.5, 0.6) is 11.5 Å². The van der Waals surface area contributed by atoms with Gasteiger partial charge in [-0.05, 0) is 99.3 Å². The monoisotopic (exact) mass is 701 g/mol. The van der Waals surface area contributed by atoms with Crippen molar-refractivity contribution in [2.75, 3.05) is 6.54 Å². The Morgan fingerprint density at radius 3 is 2.55 bits per heavy atom. The molecule has 51 heavy (non-hydrogen) atoms. The van der Waals surface area contributed by atoms with E-state index in [1.807, 2.05) is 24.4 Å². The number of H-pyrrole nitrogens is 1. The minimum atomic E-state index is -1.16. The maximum Gasteiger partial charge on any atom is 0.161 e. The van der Waals surface area contributed by atoms with Gasteiger partial charge >= 0.3 is 0 Å². The van der Waals surface area contributed by atoms with Crippen molar-refractivity contribution in [2.45, 2.75) is 133 Å². The number of nitrogens with one attached hydrogen (secondary N) is 2. The highest BCUT2D eigenvalue weighted by Crippen LogP contribution is 2.55. The molecule has 1 aromatic carbocycles. The van der Waals surface area contributed by atoms with Crippen LogP contribution >= 0.6 is 0 Å². The number of phenols is 1. The maximum atomic E-state index is 11.6. The molecule has 2 fully saturated rings. The predicted octanol–water partition coefficient (Wildman–Crippen LogP) is 5.32. The number of aliphatic hydroxyl groups excluding tert-OH is 4. The summed E-state index contributed by atoms with van der Waals surface area (Å²) in [6.07, 6.45) is 13.2. The number of hydrogen-bond acceptors (Lipinski definition) is 8. The normalized spacial score (nSPS) is 30.9. The number of ether oxygens (including phenoxy) is 1. The van der Waals surface area contributed by atoms with Crippen molar-refractivity contribution in [1.82, 2.24) is 10.3 Å². The largest absolute Gasteiger partial charge is 0.504 e. The van der Waals surface area contributed by atoms with Gasteiger partial charge in [0.2, 0.25) is 0 Å². The first-order valence-corrected chi connectivity index (χ1v) is 19.4. The molecule has 6 rings (SSSR count). The second-order valence-electron chi connectivity index (χ2n) is 15.5. The quantitative estimate of drug-likeness (QED) is 0.146. The lowest BCUT2D eigenvalue weighted by atomic mass is 9.59. The Kier molecular flexibility index (Phi) is 12.4. The van der Waals surface area contributed by atoms with Crippen molar-refractivity contribution in [3.05, 3.63) is 71.3 Å². The molecule has 3 aliphatic carbocycles. The molecule has 9 heteroatoms. The molecule has 4 aliphatic rings. The first-order chi connectivity index (χ1) is 24.7. The minimum Gasteiger partial charge on any atom is -0.504 e. The van der Waals surface area contributed by atoms with Crippen LogP contribution in [0.2, 0.25) is 0 Å². The Balaban J connectivity index is 1.25. The van der Waals surface area contributed by atoms with Crippen LogP contribution in [0.1, 0.15) is 102 Å². The number of aromatic nitrogens is 1. The SMILES string of the molecule is CCC1C#CCC(C(O)CCc2ccc(O)c(OC3C(O)C(O)CCC3C(C3=CCNC(N)=C3)C3(c4ccc[nH]4)CCCC3)c2)C(O)CCCC1. The lowest BCUT2D eigenvalue weighted by Crippen LogP contribution is -2.55. The second-order valence-corrected chi connectivity index (χ2v) is 15.5. The molecule has 1 aromatic heterocycles. The Hall–Kier alpha value is -3.42. The van der Waals surface area contributed by atoms with Gasteiger partial charge in [0.05, 0.1) is 24.1 Å². The molecule has 9 atom stereocenters. The van der Waals surface area contributed by atoms with Crippen LogP contribution in [-0.4, -0.2) is 67.6 Å². The number of aromatic hydroxyl groups is 1. The summed E-state index contributed by atoms with van der Waals surface area (Å²) in [5, 5.41) is 59.2. The summed E-state index contributed by atoms with van der Waals surface area (Å²) in [4.78, 5) is 3.53. The number of phenolic OH excluding ortho intramolecular Hbond substituents is 1. The van der Waals surface area contributed by atoms with Crippen LogP contribution in [0, 0.1) is 35.5 Å². The van der Waals surface area contributed by atoms with Crippen LogP contribution in [0.15, 0.2) is 60.1 Å². The minimum absolute atomic E-state index is 0.0458. The van der Waals surface area contributed by atoms with Crippen molar-refractivity contribution >= 4 is 0 Å². The molecule has 9 N–H and O–H groups in total. The average Bonchev–Trinajstić information content (AvgIpc) is 3.85. The summed E-state index contributed by atoms with van der Waals surface area (Å²) >= 11 is 0. The third-order valence-electron chi connectivity index (χ3n) is 12.4. The Morgan fingerprint density at radius 2 is 1.80 bits per heavy atom. The van der Waals surface area contributed by atoms with E-state index in [0.29, 0.717) is 56.8 Å². The van der Waals surface area contributed by atoms with Crippen molar-refractivity contribution < 1.29 is 30.3 Å². The lowest BCUT2D eigenvalue weighted by molar-refractivity contribution is -0.114.